The van der Waals surface area contributed by atoms with Gasteiger partial charge in [0, 0.05) is 25.3 Å². The van der Waals surface area contributed by atoms with Crippen molar-refractivity contribution < 1.29 is 12.8 Å². The molecule has 0 amide bonds. The first kappa shape index (κ1) is 20.2. The average molecular weight is 456 g/mol. The number of oxazole rings is 1. The standard InChI is InChI=1S/C14H24N4O3S.HI/c1-10-11(2)21-12(18-10)7-16-13(15-3)17-8-14(5-6-14)9-22(4,19)20;/h5-9H2,1-4H3,(H2,15,16,17);1H. The summed E-state index contributed by atoms with van der Waals surface area (Å²) in [6, 6.07) is 0. The number of rotatable bonds is 6. The third-order valence-corrected chi connectivity index (χ3v) is 5.00. The smallest absolute Gasteiger partial charge is 0.214 e. The number of hydrogen-bond donors (Lipinski definition) is 2. The number of halogens is 1. The van der Waals surface area contributed by atoms with Gasteiger partial charge in [-0.15, -0.1) is 24.0 Å². The maximum atomic E-state index is 11.5. The van der Waals surface area contributed by atoms with Gasteiger partial charge in [0.1, 0.15) is 15.6 Å². The molecule has 0 atom stereocenters. The first-order valence-electron chi connectivity index (χ1n) is 7.28. The van der Waals surface area contributed by atoms with Gasteiger partial charge in [0.05, 0.1) is 18.0 Å². The molecule has 1 saturated carbocycles. The Bertz CT molecular complexity index is 646. The zero-order valence-electron chi connectivity index (χ0n) is 14.0. The van der Waals surface area contributed by atoms with Crippen molar-refractivity contribution in [3.05, 3.63) is 17.3 Å². The Hall–Kier alpha value is -0.840. The van der Waals surface area contributed by atoms with E-state index in [-0.39, 0.29) is 35.1 Å². The summed E-state index contributed by atoms with van der Waals surface area (Å²) in [6.07, 6.45) is 3.15. The Balaban J connectivity index is 0.00000264. The molecule has 1 aliphatic rings. The Morgan fingerprint density at radius 3 is 2.43 bits per heavy atom. The second-order valence-corrected chi connectivity index (χ2v) is 8.24. The van der Waals surface area contributed by atoms with E-state index in [2.05, 4.69) is 20.6 Å². The van der Waals surface area contributed by atoms with Crippen molar-refractivity contribution in [1.82, 2.24) is 15.6 Å². The van der Waals surface area contributed by atoms with E-state index >= 15 is 0 Å². The van der Waals surface area contributed by atoms with Crippen molar-refractivity contribution in [1.29, 1.82) is 0 Å². The quantitative estimate of drug-likeness (QED) is 0.382. The first-order chi connectivity index (χ1) is 10.2. The summed E-state index contributed by atoms with van der Waals surface area (Å²) in [5.74, 6) is 2.26. The highest BCUT2D eigenvalue weighted by molar-refractivity contribution is 14.0. The lowest BCUT2D eigenvalue weighted by atomic mass is 10.1. The van der Waals surface area contributed by atoms with Gasteiger partial charge in [-0.3, -0.25) is 4.99 Å². The fourth-order valence-electron chi connectivity index (χ4n) is 2.37. The zero-order chi connectivity index (χ0) is 16.4. The average Bonchev–Trinajstić information content (AvgIpc) is 3.07. The fourth-order valence-corrected chi connectivity index (χ4v) is 3.87. The third-order valence-electron chi connectivity index (χ3n) is 3.86. The van der Waals surface area contributed by atoms with Crippen LogP contribution < -0.4 is 10.6 Å². The van der Waals surface area contributed by atoms with E-state index in [1.807, 2.05) is 13.8 Å². The molecule has 0 unspecified atom stereocenters. The summed E-state index contributed by atoms with van der Waals surface area (Å²) in [5, 5.41) is 6.31. The summed E-state index contributed by atoms with van der Waals surface area (Å²) >= 11 is 0. The van der Waals surface area contributed by atoms with E-state index < -0.39 is 9.84 Å². The van der Waals surface area contributed by atoms with E-state index in [4.69, 9.17) is 4.42 Å². The lowest BCUT2D eigenvalue weighted by Gasteiger charge is -2.17. The zero-order valence-corrected chi connectivity index (χ0v) is 17.1. The van der Waals surface area contributed by atoms with Gasteiger partial charge in [-0.2, -0.15) is 0 Å². The molecule has 9 heteroatoms. The minimum atomic E-state index is -2.96. The van der Waals surface area contributed by atoms with Crippen LogP contribution in [0.25, 0.3) is 0 Å². The molecule has 2 rings (SSSR count). The Labute approximate surface area is 154 Å². The van der Waals surface area contributed by atoms with Crippen LogP contribution >= 0.6 is 24.0 Å². The van der Waals surface area contributed by atoms with Gasteiger partial charge in [0.15, 0.2) is 5.96 Å². The second-order valence-electron chi connectivity index (χ2n) is 6.10. The van der Waals surface area contributed by atoms with Gasteiger partial charge in [0.2, 0.25) is 5.89 Å². The molecule has 23 heavy (non-hydrogen) atoms. The topological polar surface area (TPSA) is 96.6 Å². The van der Waals surface area contributed by atoms with Crippen LogP contribution in [-0.4, -0.2) is 45.0 Å². The molecule has 0 spiro atoms. The first-order valence-corrected chi connectivity index (χ1v) is 9.34. The largest absolute Gasteiger partial charge is 0.444 e. The maximum Gasteiger partial charge on any atom is 0.214 e. The van der Waals surface area contributed by atoms with Crippen LogP contribution in [0.5, 0.6) is 0 Å². The van der Waals surface area contributed by atoms with Crippen LogP contribution in [0.1, 0.15) is 30.2 Å². The van der Waals surface area contributed by atoms with Crippen molar-refractivity contribution in [3.8, 4) is 0 Å². The predicted molar refractivity (Wildman–Crippen MR) is 101 cm³/mol. The van der Waals surface area contributed by atoms with Gasteiger partial charge in [-0.05, 0) is 26.7 Å². The lowest BCUT2D eigenvalue weighted by molar-refractivity contribution is 0.462. The van der Waals surface area contributed by atoms with Gasteiger partial charge >= 0.3 is 0 Å². The highest BCUT2D eigenvalue weighted by atomic mass is 127. The van der Waals surface area contributed by atoms with E-state index in [0.717, 1.165) is 24.3 Å². The molecule has 2 N–H and O–H groups in total. The Morgan fingerprint density at radius 1 is 1.35 bits per heavy atom. The minimum absolute atomic E-state index is 0. The highest BCUT2D eigenvalue weighted by Gasteiger charge is 2.45. The molecule has 7 nitrogen and oxygen atoms in total. The predicted octanol–water partition coefficient (Wildman–Crippen LogP) is 1.40. The van der Waals surface area contributed by atoms with Crippen molar-refractivity contribution in [2.24, 2.45) is 10.4 Å². The van der Waals surface area contributed by atoms with Gasteiger partial charge in [-0.25, -0.2) is 13.4 Å². The second kappa shape index (κ2) is 7.82. The third kappa shape index (κ3) is 6.28. The van der Waals surface area contributed by atoms with Crippen LogP contribution in [0.3, 0.4) is 0 Å². The SMILES string of the molecule is CN=C(NCc1nc(C)c(C)o1)NCC1(CS(C)(=O)=O)CC1.I. The number of nitrogens with one attached hydrogen (secondary N) is 2. The van der Waals surface area contributed by atoms with Crippen LogP contribution in [-0.2, 0) is 16.4 Å². The molecule has 1 fully saturated rings. The summed E-state index contributed by atoms with van der Waals surface area (Å²) < 4.78 is 28.4. The molecule has 0 radical (unpaired) electrons. The Kier molecular flexibility index (Phi) is 6.87. The van der Waals surface area contributed by atoms with Gasteiger partial charge < -0.3 is 15.1 Å². The highest BCUT2D eigenvalue weighted by Crippen LogP contribution is 2.45. The molecule has 1 aromatic rings. The molecule has 0 aromatic carbocycles. The van der Waals surface area contributed by atoms with Crippen LogP contribution in [0.15, 0.2) is 9.41 Å². The number of guanidine groups is 1. The number of aryl methyl sites for hydroxylation is 2. The summed E-state index contributed by atoms with van der Waals surface area (Å²) in [5.41, 5.74) is 0.742. The van der Waals surface area contributed by atoms with Crippen LogP contribution in [0.4, 0.5) is 0 Å². The minimum Gasteiger partial charge on any atom is -0.444 e. The molecular formula is C14H25IN4O3S. The molecule has 0 aliphatic heterocycles. The van der Waals surface area contributed by atoms with E-state index in [1.54, 1.807) is 7.05 Å². The summed E-state index contributed by atoms with van der Waals surface area (Å²) in [6.45, 7) is 4.81. The molecule has 1 heterocycles. The Morgan fingerprint density at radius 2 is 2.00 bits per heavy atom. The van der Waals surface area contributed by atoms with E-state index in [0.29, 0.717) is 24.9 Å². The van der Waals surface area contributed by atoms with Gasteiger partial charge in [-0.1, -0.05) is 0 Å². The molecule has 0 saturated heterocycles. The van der Waals surface area contributed by atoms with Crippen molar-refractivity contribution >= 4 is 39.8 Å². The summed E-state index contributed by atoms with van der Waals surface area (Å²) in [7, 11) is -1.28. The number of nitrogens with zero attached hydrogens (tertiary/aromatic N) is 2. The molecule has 0 bridgehead atoms. The van der Waals surface area contributed by atoms with Crippen molar-refractivity contribution in [2.45, 2.75) is 33.2 Å². The van der Waals surface area contributed by atoms with Crippen molar-refractivity contribution in [3.63, 3.8) is 0 Å². The van der Waals surface area contributed by atoms with E-state index in [1.165, 1.54) is 6.26 Å². The van der Waals surface area contributed by atoms with E-state index in [9.17, 15) is 8.42 Å². The molecular weight excluding hydrogens is 431 g/mol. The van der Waals surface area contributed by atoms with Crippen LogP contribution in [0.2, 0.25) is 0 Å². The summed E-state index contributed by atoms with van der Waals surface area (Å²) in [4.78, 5) is 8.43. The van der Waals surface area contributed by atoms with Gasteiger partial charge in [0.25, 0.3) is 0 Å². The monoisotopic (exact) mass is 456 g/mol. The molecule has 132 valence electrons. The van der Waals surface area contributed by atoms with Crippen molar-refractivity contribution in [2.75, 3.05) is 25.6 Å². The number of sulfone groups is 1. The molecule has 1 aliphatic carbocycles. The number of hydrogen-bond acceptors (Lipinski definition) is 5. The maximum absolute atomic E-state index is 11.5. The number of aromatic nitrogens is 1. The number of aliphatic imine (C=N–C) groups is 1. The van der Waals surface area contributed by atoms with Crippen LogP contribution in [0, 0.1) is 19.3 Å². The normalized spacial score (nSPS) is 16.6. The fraction of sp³-hybridized carbons (Fsp3) is 0.714. The molecule has 1 aromatic heterocycles. The lowest BCUT2D eigenvalue weighted by Crippen LogP contribution is -2.41.